The van der Waals surface area contributed by atoms with Gasteiger partial charge in [-0.05, 0) is 65.9 Å². The van der Waals surface area contributed by atoms with Gasteiger partial charge in [0.05, 0.1) is 36.6 Å². The van der Waals surface area contributed by atoms with Crippen molar-refractivity contribution < 1.29 is 19.4 Å². The summed E-state index contributed by atoms with van der Waals surface area (Å²) in [6.45, 7) is 3.96. The Labute approximate surface area is 211 Å². The molecule has 7 rings (SSSR count). The van der Waals surface area contributed by atoms with E-state index in [1.165, 1.54) is 0 Å². The van der Waals surface area contributed by atoms with E-state index in [0.717, 1.165) is 34.4 Å². The highest BCUT2D eigenvalue weighted by atomic mass is 16.5. The molecule has 0 saturated carbocycles. The van der Waals surface area contributed by atoms with E-state index in [4.69, 9.17) is 10.5 Å². The summed E-state index contributed by atoms with van der Waals surface area (Å²) in [6, 6.07) is 15.0. The molecule has 0 radical (unpaired) electrons. The number of anilines is 2. The number of nitrogens with two attached hydrogens (primary N) is 1. The largest absolute Gasteiger partial charge is 0.481 e. The number of amides is 1. The van der Waals surface area contributed by atoms with Crippen molar-refractivity contribution in [3.05, 3.63) is 88.2 Å². The molecule has 188 valence electrons. The molecule has 8 nitrogen and oxygen atoms in total. The molecule has 4 aliphatic heterocycles. The number of benzene rings is 2. The molecule has 1 atom stereocenters. The Morgan fingerprint density at radius 3 is 2.75 bits per heavy atom. The van der Waals surface area contributed by atoms with Crippen molar-refractivity contribution >= 4 is 23.3 Å². The molecule has 4 N–H and O–H groups in total. The molecule has 36 heavy (non-hydrogen) atoms. The summed E-state index contributed by atoms with van der Waals surface area (Å²) in [5.41, 5.74) is 12.7. The molecular formula is C28H32N4O4. The molecule has 6 bridgehead atoms. The highest BCUT2D eigenvalue weighted by Gasteiger charge is 2.23. The minimum atomic E-state index is -0.903. The number of carboxylic acids is 1. The average Bonchev–Trinajstić information content (AvgIpc) is 2.87. The predicted octanol–water partition coefficient (Wildman–Crippen LogP) is 4.18. The first kappa shape index (κ1) is 25.2. The SMILES string of the molecule is Cc1c2ccc(c1N)NCCCOCc1ccc(cc1)C(=O)N(C)Cc1cc(ccn1)C2CC(=O)O. The number of hydrogen-bond donors (Lipinski definition) is 3. The Morgan fingerprint density at radius 1 is 1.22 bits per heavy atom. The lowest BCUT2D eigenvalue weighted by atomic mass is 9.85. The van der Waals surface area contributed by atoms with E-state index in [9.17, 15) is 14.7 Å². The van der Waals surface area contributed by atoms with Crippen molar-refractivity contribution in [2.75, 3.05) is 31.2 Å². The number of aliphatic carboxylic acids is 1. The Bertz CT molecular complexity index is 1240. The number of carbonyl (C=O) groups excluding carboxylic acids is 1. The van der Waals surface area contributed by atoms with Crippen LogP contribution in [-0.4, -0.2) is 47.1 Å². The van der Waals surface area contributed by atoms with Gasteiger partial charge in [-0.2, -0.15) is 0 Å². The van der Waals surface area contributed by atoms with Gasteiger partial charge in [0.25, 0.3) is 5.91 Å². The van der Waals surface area contributed by atoms with Gasteiger partial charge in [0, 0.05) is 37.9 Å². The third-order valence-corrected chi connectivity index (χ3v) is 6.55. The van der Waals surface area contributed by atoms with Crippen LogP contribution in [0.4, 0.5) is 11.4 Å². The second kappa shape index (κ2) is 11.2. The molecule has 3 aromatic rings. The van der Waals surface area contributed by atoms with Gasteiger partial charge in [-0.1, -0.05) is 18.2 Å². The van der Waals surface area contributed by atoms with Crippen molar-refractivity contribution in [2.24, 2.45) is 0 Å². The minimum Gasteiger partial charge on any atom is -0.481 e. The van der Waals surface area contributed by atoms with Gasteiger partial charge in [0.2, 0.25) is 0 Å². The number of carboxylic acid groups (broad SMARTS) is 1. The topological polar surface area (TPSA) is 118 Å². The quantitative estimate of drug-likeness (QED) is 0.463. The van der Waals surface area contributed by atoms with Crippen LogP contribution in [0.15, 0.2) is 54.7 Å². The molecule has 1 aromatic heterocycles. The number of aromatic nitrogens is 1. The maximum absolute atomic E-state index is 13.0. The van der Waals surface area contributed by atoms with Crippen LogP contribution in [0.5, 0.6) is 0 Å². The summed E-state index contributed by atoms with van der Waals surface area (Å²) in [5, 5.41) is 13.1. The lowest BCUT2D eigenvalue weighted by molar-refractivity contribution is -0.137. The number of carbonyl (C=O) groups is 2. The summed E-state index contributed by atoms with van der Waals surface area (Å²) in [7, 11) is 1.73. The number of pyridine rings is 1. The van der Waals surface area contributed by atoms with E-state index in [1.54, 1.807) is 18.1 Å². The van der Waals surface area contributed by atoms with E-state index in [1.807, 2.05) is 55.5 Å². The molecule has 0 fully saturated rings. The fraction of sp³-hybridized carbons (Fsp3) is 0.321. The van der Waals surface area contributed by atoms with E-state index < -0.39 is 11.9 Å². The lowest BCUT2D eigenvalue weighted by Crippen LogP contribution is -2.26. The van der Waals surface area contributed by atoms with Crippen molar-refractivity contribution in [3.63, 3.8) is 0 Å². The Morgan fingerprint density at radius 2 is 2.00 bits per heavy atom. The number of hydrogen-bond acceptors (Lipinski definition) is 6. The summed E-state index contributed by atoms with van der Waals surface area (Å²) in [4.78, 5) is 30.9. The molecule has 0 saturated heterocycles. The van der Waals surface area contributed by atoms with Crippen LogP contribution in [0.25, 0.3) is 0 Å². The fourth-order valence-electron chi connectivity index (χ4n) is 4.53. The van der Waals surface area contributed by atoms with Crippen LogP contribution < -0.4 is 11.1 Å². The van der Waals surface area contributed by atoms with Gasteiger partial charge in [-0.3, -0.25) is 14.6 Å². The molecule has 2 aromatic carbocycles. The molecule has 5 heterocycles. The van der Waals surface area contributed by atoms with Crippen LogP contribution in [0.1, 0.15) is 57.1 Å². The molecule has 8 heteroatoms. The standard InChI is InChI=1S/C28H32N4O4/c1-18-23-8-9-25(27(18)29)31-11-3-13-36-17-19-4-6-20(7-5-19)28(35)32(2)16-22-14-21(10-12-30-22)24(23)15-26(33)34/h4-10,12,14,24,31H,3,11,13,15-17,29H2,1-2H3,(H,33,34). The second-order valence-electron chi connectivity index (χ2n) is 9.16. The molecule has 1 amide bonds. The number of nitrogens with zero attached hydrogens (tertiary/aromatic N) is 2. The number of ether oxygens (including phenoxy) is 1. The normalized spacial score (nSPS) is 16.9. The third kappa shape index (κ3) is 5.83. The summed E-state index contributed by atoms with van der Waals surface area (Å²) < 4.78 is 5.79. The smallest absolute Gasteiger partial charge is 0.304 e. The van der Waals surface area contributed by atoms with Gasteiger partial charge >= 0.3 is 5.97 Å². The minimum absolute atomic E-state index is 0.0883. The maximum atomic E-state index is 13.0. The van der Waals surface area contributed by atoms with E-state index in [-0.39, 0.29) is 12.3 Å². The summed E-state index contributed by atoms with van der Waals surface area (Å²) in [6.07, 6.45) is 2.37. The van der Waals surface area contributed by atoms with Crippen LogP contribution in [0, 0.1) is 6.92 Å². The molecular weight excluding hydrogens is 456 g/mol. The third-order valence-electron chi connectivity index (χ3n) is 6.55. The molecule has 4 aliphatic rings. The van der Waals surface area contributed by atoms with Crippen molar-refractivity contribution in [1.82, 2.24) is 9.88 Å². The first-order chi connectivity index (χ1) is 17.3. The van der Waals surface area contributed by atoms with Gasteiger partial charge in [-0.25, -0.2) is 0 Å². The number of rotatable bonds is 2. The number of nitrogen functional groups attached to an aromatic ring is 1. The van der Waals surface area contributed by atoms with Crippen molar-refractivity contribution in [3.8, 4) is 0 Å². The van der Waals surface area contributed by atoms with Crippen LogP contribution in [0.3, 0.4) is 0 Å². The monoisotopic (exact) mass is 488 g/mol. The highest BCUT2D eigenvalue weighted by Crippen LogP contribution is 2.36. The second-order valence-corrected chi connectivity index (χ2v) is 9.16. The lowest BCUT2D eigenvalue weighted by Gasteiger charge is -2.22. The zero-order chi connectivity index (χ0) is 25.7. The van der Waals surface area contributed by atoms with Crippen LogP contribution >= 0.6 is 0 Å². The molecule has 0 aliphatic carbocycles. The Balaban J connectivity index is 1.72. The zero-order valence-electron chi connectivity index (χ0n) is 20.7. The first-order valence-corrected chi connectivity index (χ1v) is 12.0. The average molecular weight is 489 g/mol. The van der Waals surface area contributed by atoms with Gasteiger partial charge in [0.1, 0.15) is 0 Å². The Kier molecular flexibility index (Phi) is 7.85. The maximum Gasteiger partial charge on any atom is 0.304 e. The summed E-state index contributed by atoms with van der Waals surface area (Å²) >= 11 is 0. The Hall–Kier alpha value is -3.91. The van der Waals surface area contributed by atoms with Crippen LogP contribution in [-0.2, 0) is 22.7 Å². The predicted molar refractivity (Wildman–Crippen MR) is 139 cm³/mol. The van der Waals surface area contributed by atoms with E-state index in [2.05, 4.69) is 10.3 Å². The van der Waals surface area contributed by atoms with E-state index in [0.29, 0.717) is 43.2 Å². The molecule has 0 spiro atoms. The van der Waals surface area contributed by atoms with Crippen molar-refractivity contribution in [1.29, 1.82) is 0 Å². The fourth-order valence-corrected chi connectivity index (χ4v) is 4.53. The molecule has 1 unspecified atom stereocenters. The van der Waals surface area contributed by atoms with Gasteiger partial charge in [0.15, 0.2) is 0 Å². The van der Waals surface area contributed by atoms with Gasteiger partial charge in [-0.15, -0.1) is 0 Å². The van der Waals surface area contributed by atoms with Gasteiger partial charge < -0.3 is 25.8 Å². The van der Waals surface area contributed by atoms with Crippen LogP contribution in [0.2, 0.25) is 0 Å². The van der Waals surface area contributed by atoms with E-state index >= 15 is 0 Å². The highest BCUT2D eigenvalue weighted by molar-refractivity contribution is 5.94. The first-order valence-electron chi connectivity index (χ1n) is 12.0. The summed E-state index contributed by atoms with van der Waals surface area (Å²) in [5.74, 6) is -1.43. The zero-order valence-corrected chi connectivity index (χ0v) is 20.7. The number of nitrogens with one attached hydrogen (secondary N) is 1. The van der Waals surface area contributed by atoms with Crippen molar-refractivity contribution in [2.45, 2.75) is 38.8 Å².